The van der Waals surface area contributed by atoms with Crippen LogP contribution in [0, 0.1) is 5.82 Å². The molecule has 0 fully saturated rings. The maximum absolute atomic E-state index is 13.5. The van der Waals surface area contributed by atoms with Crippen LogP contribution in [0.3, 0.4) is 0 Å². The van der Waals surface area contributed by atoms with Crippen molar-refractivity contribution in [1.82, 2.24) is 10.3 Å². The summed E-state index contributed by atoms with van der Waals surface area (Å²) >= 11 is 4.88. The second kappa shape index (κ2) is 6.23. The van der Waals surface area contributed by atoms with E-state index < -0.39 is 0 Å². The average molecular weight is 315 g/mol. The summed E-state index contributed by atoms with van der Waals surface area (Å²) in [4.78, 5) is 4.19. The first-order valence-corrected chi connectivity index (χ1v) is 6.96. The standard InChI is InChI=1S/C12H12BrFN2S/c13-10-2-1-9(11(14)7-10)8-15-4-3-12-16-5-6-17-12/h1-2,5-7,15H,3-4,8H2. The number of nitrogens with zero attached hydrogens (tertiary/aromatic N) is 1. The van der Waals surface area contributed by atoms with Crippen LogP contribution in [0.2, 0.25) is 0 Å². The molecular weight excluding hydrogens is 303 g/mol. The second-order valence-electron chi connectivity index (χ2n) is 3.59. The highest BCUT2D eigenvalue weighted by Gasteiger charge is 2.02. The van der Waals surface area contributed by atoms with Gasteiger partial charge in [-0.1, -0.05) is 22.0 Å². The Morgan fingerprint density at radius 2 is 2.29 bits per heavy atom. The van der Waals surface area contributed by atoms with Crippen molar-refractivity contribution in [3.05, 3.63) is 50.6 Å². The molecule has 0 bridgehead atoms. The molecule has 1 aromatic carbocycles. The van der Waals surface area contributed by atoms with E-state index in [4.69, 9.17) is 0 Å². The number of thiazole rings is 1. The number of rotatable bonds is 5. The monoisotopic (exact) mass is 314 g/mol. The molecule has 0 amide bonds. The van der Waals surface area contributed by atoms with E-state index in [-0.39, 0.29) is 5.82 Å². The van der Waals surface area contributed by atoms with E-state index in [1.165, 1.54) is 6.07 Å². The Hall–Kier alpha value is -0.780. The highest BCUT2D eigenvalue weighted by molar-refractivity contribution is 9.10. The Kier molecular flexibility index (Phi) is 4.65. The molecule has 17 heavy (non-hydrogen) atoms. The van der Waals surface area contributed by atoms with Gasteiger partial charge in [0, 0.05) is 41.1 Å². The van der Waals surface area contributed by atoms with Crippen LogP contribution in [-0.4, -0.2) is 11.5 Å². The number of nitrogens with one attached hydrogen (secondary N) is 1. The van der Waals surface area contributed by atoms with E-state index in [0.717, 1.165) is 22.4 Å². The number of hydrogen-bond donors (Lipinski definition) is 1. The minimum atomic E-state index is -0.180. The minimum absolute atomic E-state index is 0.180. The first-order chi connectivity index (χ1) is 8.25. The SMILES string of the molecule is Fc1cc(Br)ccc1CNCCc1nccs1. The largest absolute Gasteiger partial charge is 0.312 e. The van der Waals surface area contributed by atoms with Gasteiger partial charge in [-0.2, -0.15) is 0 Å². The zero-order chi connectivity index (χ0) is 12.1. The van der Waals surface area contributed by atoms with Crippen molar-refractivity contribution >= 4 is 27.3 Å². The molecular formula is C12H12BrFN2S. The third kappa shape index (κ3) is 3.87. The number of halogens is 2. The fourth-order valence-electron chi connectivity index (χ4n) is 1.46. The van der Waals surface area contributed by atoms with Crippen molar-refractivity contribution in [1.29, 1.82) is 0 Å². The summed E-state index contributed by atoms with van der Waals surface area (Å²) in [5.41, 5.74) is 0.687. The molecule has 5 heteroatoms. The topological polar surface area (TPSA) is 24.9 Å². The zero-order valence-corrected chi connectivity index (χ0v) is 11.5. The minimum Gasteiger partial charge on any atom is -0.312 e. The Labute approximate surface area is 112 Å². The zero-order valence-electron chi connectivity index (χ0n) is 9.12. The van der Waals surface area contributed by atoms with Crippen molar-refractivity contribution in [3.8, 4) is 0 Å². The van der Waals surface area contributed by atoms with Crippen LogP contribution in [0.25, 0.3) is 0 Å². The molecule has 0 saturated heterocycles. The summed E-state index contributed by atoms with van der Waals surface area (Å²) in [5.74, 6) is -0.180. The summed E-state index contributed by atoms with van der Waals surface area (Å²) in [6.45, 7) is 1.35. The van der Waals surface area contributed by atoms with Crippen molar-refractivity contribution in [2.75, 3.05) is 6.54 Å². The summed E-state index contributed by atoms with van der Waals surface area (Å²) in [5, 5.41) is 6.28. The van der Waals surface area contributed by atoms with Crippen molar-refractivity contribution in [2.24, 2.45) is 0 Å². The highest BCUT2D eigenvalue weighted by Crippen LogP contribution is 2.15. The highest BCUT2D eigenvalue weighted by atomic mass is 79.9. The third-order valence-electron chi connectivity index (χ3n) is 2.33. The molecule has 0 unspecified atom stereocenters. The van der Waals surface area contributed by atoms with E-state index in [1.54, 1.807) is 23.6 Å². The molecule has 0 aliphatic rings. The fourth-order valence-corrected chi connectivity index (χ4v) is 2.41. The molecule has 1 aromatic heterocycles. The normalized spacial score (nSPS) is 10.7. The summed E-state index contributed by atoms with van der Waals surface area (Å²) < 4.78 is 14.2. The van der Waals surface area contributed by atoms with Crippen LogP contribution in [0.4, 0.5) is 4.39 Å². The first-order valence-electron chi connectivity index (χ1n) is 5.29. The van der Waals surface area contributed by atoms with Crippen LogP contribution in [0.1, 0.15) is 10.6 Å². The first kappa shape index (κ1) is 12.7. The molecule has 0 aliphatic heterocycles. The Balaban J connectivity index is 1.78. The number of benzene rings is 1. The molecule has 1 heterocycles. The number of aromatic nitrogens is 1. The Morgan fingerprint density at radius 3 is 3.00 bits per heavy atom. The Bertz CT molecular complexity index is 473. The van der Waals surface area contributed by atoms with Gasteiger partial charge in [-0.3, -0.25) is 0 Å². The van der Waals surface area contributed by atoms with Crippen molar-refractivity contribution in [3.63, 3.8) is 0 Å². The molecule has 0 aliphatic carbocycles. The number of hydrogen-bond acceptors (Lipinski definition) is 3. The Morgan fingerprint density at radius 1 is 1.41 bits per heavy atom. The van der Waals surface area contributed by atoms with Crippen LogP contribution in [0.5, 0.6) is 0 Å². The lowest BCUT2D eigenvalue weighted by Crippen LogP contribution is -2.17. The fraction of sp³-hybridized carbons (Fsp3) is 0.250. The van der Waals surface area contributed by atoms with Crippen LogP contribution >= 0.6 is 27.3 Å². The molecule has 2 rings (SSSR count). The van der Waals surface area contributed by atoms with Gasteiger partial charge in [-0.25, -0.2) is 9.37 Å². The second-order valence-corrected chi connectivity index (χ2v) is 5.48. The summed E-state index contributed by atoms with van der Waals surface area (Å²) in [6, 6.07) is 5.12. The molecule has 0 spiro atoms. The maximum atomic E-state index is 13.5. The lowest BCUT2D eigenvalue weighted by atomic mass is 10.2. The smallest absolute Gasteiger partial charge is 0.128 e. The van der Waals surface area contributed by atoms with Gasteiger partial charge in [-0.15, -0.1) is 11.3 Å². The summed E-state index contributed by atoms with van der Waals surface area (Å²) in [7, 11) is 0. The molecule has 0 atom stereocenters. The van der Waals surface area contributed by atoms with Crippen LogP contribution < -0.4 is 5.32 Å². The van der Waals surface area contributed by atoms with Crippen LogP contribution in [-0.2, 0) is 13.0 Å². The van der Waals surface area contributed by atoms with Gasteiger partial charge in [0.1, 0.15) is 5.82 Å². The lowest BCUT2D eigenvalue weighted by molar-refractivity contribution is 0.587. The lowest BCUT2D eigenvalue weighted by Gasteiger charge is -2.05. The quantitative estimate of drug-likeness (QED) is 0.856. The van der Waals surface area contributed by atoms with Crippen molar-refractivity contribution < 1.29 is 4.39 Å². The van der Waals surface area contributed by atoms with Gasteiger partial charge in [0.15, 0.2) is 0 Å². The van der Waals surface area contributed by atoms with E-state index in [0.29, 0.717) is 12.1 Å². The predicted octanol–water partition coefficient (Wildman–Crippen LogP) is 3.38. The average Bonchev–Trinajstić information content (AvgIpc) is 2.79. The predicted molar refractivity (Wildman–Crippen MR) is 71.6 cm³/mol. The maximum Gasteiger partial charge on any atom is 0.128 e. The van der Waals surface area contributed by atoms with Crippen molar-refractivity contribution in [2.45, 2.75) is 13.0 Å². The van der Waals surface area contributed by atoms with Gasteiger partial charge in [0.25, 0.3) is 0 Å². The molecule has 2 nitrogen and oxygen atoms in total. The van der Waals surface area contributed by atoms with E-state index >= 15 is 0 Å². The van der Waals surface area contributed by atoms with E-state index in [2.05, 4.69) is 26.2 Å². The van der Waals surface area contributed by atoms with Gasteiger partial charge in [0.2, 0.25) is 0 Å². The van der Waals surface area contributed by atoms with Gasteiger partial charge in [0.05, 0.1) is 5.01 Å². The summed E-state index contributed by atoms with van der Waals surface area (Å²) in [6.07, 6.45) is 2.68. The molecule has 0 saturated carbocycles. The van der Waals surface area contributed by atoms with Gasteiger partial charge in [-0.05, 0) is 12.1 Å². The molecule has 0 radical (unpaired) electrons. The molecule has 90 valence electrons. The third-order valence-corrected chi connectivity index (χ3v) is 3.66. The van der Waals surface area contributed by atoms with E-state index in [1.807, 2.05) is 11.4 Å². The van der Waals surface area contributed by atoms with Gasteiger partial charge < -0.3 is 5.32 Å². The molecule has 2 aromatic rings. The van der Waals surface area contributed by atoms with E-state index in [9.17, 15) is 4.39 Å². The molecule has 1 N–H and O–H groups in total. The van der Waals surface area contributed by atoms with Gasteiger partial charge >= 0.3 is 0 Å². The van der Waals surface area contributed by atoms with Crippen LogP contribution in [0.15, 0.2) is 34.2 Å².